The third-order valence-corrected chi connectivity index (χ3v) is 2.35. The molecule has 0 bridgehead atoms. The van der Waals surface area contributed by atoms with Crippen LogP contribution in [0.25, 0.3) is 0 Å². The summed E-state index contributed by atoms with van der Waals surface area (Å²) in [6, 6.07) is 0. The van der Waals surface area contributed by atoms with Crippen molar-refractivity contribution < 1.29 is 14.3 Å². The van der Waals surface area contributed by atoms with Crippen LogP contribution in [0.4, 0.5) is 0 Å². The normalized spacial score (nSPS) is 10.8. The maximum Gasteiger partial charge on any atom is 0.235 e. The molecule has 0 fully saturated rings. The summed E-state index contributed by atoms with van der Waals surface area (Å²) in [4.78, 5) is 23.5. The SMILES string of the molecule is C=CCNC(=O)C(C)(C)C(=O)NCCCOC. The van der Waals surface area contributed by atoms with Crippen molar-refractivity contribution in [3.05, 3.63) is 12.7 Å². The summed E-state index contributed by atoms with van der Waals surface area (Å²) >= 11 is 0. The minimum atomic E-state index is -1.07. The predicted octanol–water partition coefficient (Wildman–Crippen LogP) is 0.468. The number of hydrogen-bond donors (Lipinski definition) is 2. The molecule has 0 spiro atoms. The minimum Gasteiger partial charge on any atom is -0.385 e. The van der Waals surface area contributed by atoms with Gasteiger partial charge in [0.2, 0.25) is 11.8 Å². The molecule has 17 heavy (non-hydrogen) atoms. The van der Waals surface area contributed by atoms with Crippen molar-refractivity contribution in [1.29, 1.82) is 0 Å². The molecule has 0 atom stereocenters. The van der Waals surface area contributed by atoms with Crippen molar-refractivity contribution in [3.8, 4) is 0 Å². The van der Waals surface area contributed by atoms with Crippen molar-refractivity contribution in [2.45, 2.75) is 20.3 Å². The second kappa shape index (κ2) is 7.84. The van der Waals surface area contributed by atoms with Gasteiger partial charge in [-0.1, -0.05) is 6.08 Å². The van der Waals surface area contributed by atoms with Gasteiger partial charge >= 0.3 is 0 Å². The van der Waals surface area contributed by atoms with Gasteiger partial charge < -0.3 is 15.4 Å². The van der Waals surface area contributed by atoms with Gasteiger partial charge in [-0.3, -0.25) is 9.59 Å². The van der Waals surface area contributed by atoms with Gasteiger partial charge in [-0.25, -0.2) is 0 Å². The highest BCUT2D eigenvalue weighted by Gasteiger charge is 2.35. The summed E-state index contributed by atoms with van der Waals surface area (Å²) in [5.41, 5.74) is -1.07. The fourth-order valence-corrected chi connectivity index (χ4v) is 1.13. The Morgan fingerprint density at radius 1 is 1.29 bits per heavy atom. The molecule has 0 aliphatic heterocycles. The molecule has 0 saturated carbocycles. The van der Waals surface area contributed by atoms with Gasteiger partial charge in [0.15, 0.2) is 0 Å². The average molecular weight is 242 g/mol. The smallest absolute Gasteiger partial charge is 0.235 e. The van der Waals surface area contributed by atoms with Gasteiger partial charge in [-0.05, 0) is 20.3 Å². The standard InChI is InChI=1S/C12H22N2O3/c1-5-7-13-10(15)12(2,3)11(16)14-8-6-9-17-4/h5H,1,6-9H2,2-4H3,(H,13,15)(H,14,16). The summed E-state index contributed by atoms with van der Waals surface area (Å²) in [7, 11) is 1.61. The molecule has 98 valence electrons. The minimum absolute atomic E-state index is 0.282. The molecule has 5 heteroatoms. The first kappa shape index (κ1) is 15.6. The van der Waals surface area contributed by atoms with Gasteiger partial charge in [0.1, 0.15) is 5.41 Å². The van der Waals surface area contributed by atoms with Crippen LogP contribution in [0.1, 0.15) is 20.3 Å². The Bertz CT molecular complexity index is 275. The first-order valence-electron chi connectivity index (χ1n) is 5.63. The third-order valence-electron chi connectivity index (χ3n) is 2.35. The first-order valence-corrected chi connectivity index (χ1v) is 5.63. The zero-order chi connectivity index (χ0) is 13.3. The Hall–Kier alpha value is -1.36. The number of hydrogen-bond acceptors (Lipinski definition) is 3. The van der Waals surface area contributed by atoms with Crippen LogP contribution in [0, 0.1) is 5.41 Å². The molecule has 0 aliphatic rings. The van der Waals surface area contributed by atoms with Crippen molar-refractivity contribution >= 4 is 11.8 Å². The van der Waals surface area contributed by atoms with Crippen LogP contribution in [-0.4, -0.2) is 38.6 Å². The Morgan fingerprint density at radius 3 is 2.41 bits per heavy atom. The number of rotatable bonds is 8. The highest BCUT2D eigenvalue weighted by Crippen LogP contribution is 2.15. The Balaban J connectivity index is 4.14. The zero-order valence-corrected chi connectivity index (χ0v) is 10.8. The van der Waals surface area contributed by atoms with Crippen molar-refractivity contribution in [2.24, 2.45) is 5.41 Å². The molecule has 0 aromatic rings. The van der Waals surface area contributed by atoms with E-state index in [0.717, 1.165) is 6.42 Å². The molecule has 0 heterocycles. The summed E-state index contributed by atoms with van der Waals surface area (Å²) in [5.74, 6) is -0.586. The topological polar surface area (TPSA) is 67.4 Å². The maximum atomic E-state index is 11.8. The number of ether oxygens (including phenoxy) is 1. The van der Waals surface area contributed by atoms with Gasteiger partial charge in [0.25, 0.3) is 0 Å². The summed E-state index contributed by atoms with van der Waals surface area (Å²) in [6.45, 7) is 8.14. The first-order chi connectivity index (χ1) is 7.96. The predicted molar refractivity (Wildman–Crippen MR) is 66.5 cm³/mol. The van der Waals surface area contributed by atoms with Gasteiger partial charge in [0.05, 0.1) is 0 Å². The van der Waals surface area contributed by atoms with E-state index >= 15 is 0 Å². The van der Waals surface area contributed by atoms with Gasteiger partial charge in [0, 0.05) is 26.8 Å². The molecule has 0 radical (unpaired) electrons. The Kier molecular flexibility index (Phi) is 7.21. The molecule has 5 nitrogen and oxygen atoms in total. The van der Waals surface area contributed by atoms with E-state index in [1.54, 1.807) is 27.0 Å². The lowest BCUT2D eigenvalue weighted by Gasteiger charge is -2.22. The van der Waals surface area contributed by atoms with E-state index in [2.05, 4.69) is 17.2 Å². The van der Waals surface area contributed by atoms with Crippen LogP contribution in [0.15, 0.2) is 12.7 Å². The van der Waals surface area contributed by atoms with E-state index in [-0.39, 0.29) is 11.8 Å². The molecule has 0 rings (SSSR count). The lowest BCUT2D eigenvalue weighted by atomic mass is 9.91. The number of carbonyl (C=O) groups excluding carboxylic acids is 2. The number of amides is 2. The highest BCUT2D eigenvalue weighted by atomic mass is 16.5. The molecule has 2 N–H and O–H groups in total. The third kappa shape index (κ3) is 5.49. The van der Waals surface area contributed by atoms with E-state index in [4.69, 9.17) is 4.74 Å². The molecule has 0 aliphatic carbocycles. The van der Waals surface area contributed by atoms with E-state index in [1.165, 1.54) is 0 Å². The van der Waals surface area contributed by atoms with Crippen molar-refractivity contribution in [2.75, 3.05) is 26.8 Å². The van der Waals surface area contributed by atoms with E-state index < -0.39 is 5.41 Å². The summed E-state index contributed by atoms with van der Waals surface area (Å²) in [6.07, 6.45) is 2.30. The molecule has 2 amide bonds. The highest BCUT2D eigenvalue weighted by molar-refractivity contribution is 6.04. The van der Waals surface area contributed by atoms with Gasteiger partial charge in [-0.15, -0.1) is 6.58 Å². The van der Waals surface area contributed by atoms with Crippen LogP contribution in [0.5, 0.6) is 0 Å². The summed E-state index contributed by atoms with van der Waals surface area (Å²) in [5, 5.41) is 5.32. The van der Waals surface area contributed by atoms with E-state index in [1.807, 2.05) is 0 Å². The monoisotopic (exact) mass is 242 g/mol. The van der Waals surface area contributed by atoms with E-state index in [0.29, 0.717) is 19.7 Å². The maximum absolute atomic E-state index is 11.8. The van der Waals surface area contributed by atoms with Crippen LogP contribution in [0.3, 0.4) is 0 Å². The van der Waals surface area contributed by atoms with Crippen molar-refractivity contribution in [1.82, 2.24) is 10.6 Å². The van der Waals surface area contributed by atoms with Crippen LogP contribution < -0.4 is 10.6 Å². The lowest BCUT2D eigenvalue weighted by molar-refractivity contribution is -0.141. The van der Waals surface area contributed by atoms with Crippen LogP contribution >= 0.6 is 0 Å². The molecule has 0 aromatic carbocycles. The lowest BCUT2D eigenvalue weighted by Crippen LogP contribution is -2.48. The zero-order valence-electron chi connectivity index (χ0n) is 10.8. The molecular weight excluding hydrogens is 220 g/mol. The molecular formula is C12H22N2O3. The second-order valence-electron chi connectivity index (χ2n) is 4.23. The number of carbonyl (C=O) groups is 2. The fourth-order valence-electron chi connectivity index (χ4n) is 1.13. The average Bonchev–Trinajstić information content (AvgIpc) is 2.31. The van der Waals surface area contributed by atoms with Crippen LogP contribution in [0.2, 0.25) is 0 Å². The quantitative estimate of drug-likeness (QED) is 0.369. The molecule has 0 saturated heterocycles. The largest absolute Gasteiger partial charge is 0.385 e. The molecule has 0 unspecified atom stereocenters. The number of nitrogens with one attached hydrogen (secondary N) is 2. The van der Waals surface area contributed by atoms with Crippen LogP contribution in [-0.2, 0) is 14.3 Å². The number of methoxy groups -OCH3 is 1. The Labute approximate surface area is 103 Å². The fraction of sp³-hybridized carbons (Fsp3) is 0.667. The van der Waals surface area contributed by atoms with E-state index in [9.17, 15) is 9.59 Å². The Morgan fingerprint density at radius 2 is 1.88 bits per heavy atom. The molecule has 0 aromatic heterocycles. The summed E-state index contributed by atoms with van der Waals surface area (Å²) < 4.78 is 4.87. The van der Waals surface area contributed by atoms with Crippen molar-refractivity contribution in [3.63, 3.8) is 0 Å². The van der Waals surface area contributed by atoms with Gasteiger partial charge in [-0.2, -0.15) is 0 Å². The second-order valence-corrected chi connectivity index (χ2v) is 4.23.